The predicted molar refractivity (Wildman–Crippen MR) is 149 cm³/mol. The molecule has 4 aromatic rings. The minimum atomic E-state index is -4.82. The van der Waals surface area contributed by atoms with E-state index in [0.29, 0.717) is 5.56 Å². The summed E-state index contributed by atoms with van der Waals surface area (Å²) in [6.07, 6.45) is 4.18. The molecule has 1 aliphatic rings. The van der Waals surface area contributed by atoms with Crippen molar-refractivity contribution >= 4 is 34.8 Å². The number of rotatable bonds is 8. The number of halogens is 4. The normalized spacial score (nSPS) is 14.6. The van der Waals surface area contributed by atoms with Crippen LogP contribution < -0.4 is 4.74 Å². The molecule has 40 heavy (non-hydrogen) atoms. The van der Waals surface area contributed by atoms with Crippen molar-refractivity contribution in [2.24, 2.45) is 5.92 Å². The fraction of sp³-hybridized carbons (Fsp3) is 0.161. The molecule has 0 aliphatic heterocycles. The molecular formula is C31H24ClF3N2O3. The zero-order chi connectivity index (χ0) is 28.3. The Hall–Kier alpha value is -4.30. The van der Waals surface area contributed by atoms with Gasteiger partial charge in [0, 0.05) is 17.8 Å². The Kier molecular flexibility index (Phi) is 7.80. The Bertz CT molecular complexity index is 1560. The second-order valence-electron chi connectivity index (χ2n) is 9.46. The third-order valence-corrected chi connectivity index (χ3v) is 7.18. The standard InChI is InChI=1S/C31H24ClF3N2O3/c32-27-16-25(40-31(33,34)35)13-14-26(27)30(21-2-1-3-21)29(22-7-4-19(5-8-22)6-15-28(38)39)23-11-9-20(10-12-23)24-17-36-37-18-24/h4-18,21H,1-3H2,(H,36,37)(H,38,39)/b15-6+,30-29+. The molecule has 0 spiro atoms. The fourth-order valence-corrected chi connectivity index (χ4v) is 5.08. The Morgan fingerprint density at radius 3 is 2.20 bits per heavy atom. The maximum Gasteiger partial charge on any atom is 0.573 e. The number of hydrogen-bond donors (Lipinski definition) is 2. The van der Waals surface area contributed by atoms with E-state index >= 15 is 0 Å². The lowest BCUT2D eigenvalue weighted by molar-refractivity contribution is -0.274. The number of carboxylic acids is 1. The van der Waals surface area contributed by atoms with Gasteiger partial charge in [0.1, 0.15) is 5.75 Å². The zero-order valence-corrected chi connectivity index (χ0v) is 21.8. The molecule has 0 amide bonds. The van der Waals surface area contributed by atoms with E-state index < -0.39 is 12.3 Å². The third-order valence-electron chi connectivity index (χ3n) is 6.87. The topological polar surface area (TPSA) is 75.2 Å². The molecule has 0 atom stereocenters. The number of aliphatic carboxylic acids is 1. The number of allylic oxidation sites excluding steroid dienone is 1. The van der Waals surface area contributed by atoms with E-state index in [1.807, 2.05) is 48.5 Å². The zero-order valence-electron chi connectivity index (χ0n) is 21.1. The van der Waals surface area contributed by atoms with Crippen molar-refractivity contribution in [2.45, 2.75) is 25.6 Å². The van der Waals surface area contributed by atoms with Crippen molar-refractivity contribution in [1.29, 1.82) is 0 Å². The van der Waals surface area contributed by atoms with Gasteiger partial charge in [-0.05, 0) is 82.0 Å². The Labute approximate surface area is 233 Å². The summed E-state index contributed by atoms with van der Waals surface area (Å²) < 4.78 is 42.6. The number of carbonyl (C=O) groups is 1. The number of carboxylic acid groups (broad SMARTS) is 1. The summed E-state index contributed by atoms with van der Waals surface area (Å²) in [5.41, 5.74) is 6.91. The van der Waals surface area contributed by atoms with Crippen LogP contribution in [0.4, 0.5) is 13.2 Å². The molecule has 5 rings (SSSR count). The highest BCUT2D eigenvalue weighted by Crippen LogP contribution is 2.47. The number of nitrogens with zero attached hydrogens (tertiary/aromatic N) is 1. The van der Waals surface area contributed by atoms with Crippen molar-refractivity contribution < 1.29 is 27.8 Å². The van der Waals surface area contributed by atoms with Crippen molar-refractivity contribution in [3.05, 3.63) is 112 Å². The Balaban J connectivity index is 1.67. The smallest absolute Gasteiger partial charge is 0.478 e. The van der Waals surface area contributed by atoms with Crippen molar-refractivity contribution in [3.8, 4) is 16.9 Å². The lowest BCUT2D eigenvalue weighted by Crippen LogP contribution is -2.17. The Morgan fingerprint density at radius 1 is 1.00 bits per heavy atom. The third kappa shape index (κ3) is 6.29. The average molecular weight is 565 g/mol. The number of benzene rings is 3. The van der Waals surface area contributed by atoms with Crippen molar-refractivity contribution in [2.75, 3.05) is 0 Å². The van der Waals surface area contributed by atoms with E-state index in [1.54, 1.807) is 18.5 Å². The highest BCUT2D eigenvalue weighted by atomic mass is 35.5. The molecule has 5 nitrogen and oxygen atoms in total. The molecule has 3 aromatic carbocycles. The molecule has 1 aliphatic carbocycles. The molecule has 0 radical (unpaired) electrons. The average Bonchev–Trinajstić information content (AvgIpc) is 3.42. The van der Waals surface area contributed by atoms with Gasteiger partial charge in [-0.1, -0.05) is 66.6 Å². The first kappa shape index (κ1) is 27.3. The van der Waals surface area contributed by atoms with Gasteiger partial charge in [-0.25, -0.2) is 4.79 Å². The van der Waals surface area contributed by atoms with Crippen LogP contribution in [0.1, 0.15) is 41.5 Å². The monoisotopic (exact) mass is 564 g/mol. The van der Waals surface area contributed by atoms with Crippen LogP contribution in [0.25, 0.3) is 28.3 Å². The van der Waals surface area contributed by atoms with Crippen LogP contribution in [-0.2, 0) is 4.79 Å². The second-order valence-corrected chi connectivity index (χ2v) is 9.87. The molecule has 1 heterocycles. The van der Waals surface area contributed by atoms with E-state index in [0.717, 1.165) is 64.3 Å². The van der Waals surface area contributed by atoms with E-state index in [9.17, 15) is 18.0 Å². The van der Waals surface area contributed by atoms with Gasteiger partial charge in [0.25, 0.3) is 0 Å². The highest BCUT2D eigenvalue weighted by Gasteiger charge is 2.32. The van der Waals surface area contributed by atoms with Crippen LogP contribution in [0.3, 0.4) is 0 Å². The summed E-state index contributed by atoms with van der Waals surface area (Å²) in [5, 5.41) is 16.0. The number of ether oxygens (including phenoxy) is 1. The van der Waals surface area contributed by atoms with Crippen LogP contribution in [0.5, 0.6) is 5.75 Å². The van der Waals surface area contributed by atoms with E-state index in [2.05, 4.69) is 14.9 Å². The predicted octanol–water partition coefficient (Wildman–Crippen LogP) is 8.49. The minimum Gasteiger partial charge on any atom is -0.478 e. The number of aromatic nitrogens is 2. The van der Waals surface area contributed by atoms with E-state index in [1.165, 1.54) is 18.2 Å². The summed E-state index contributed by atoms with van der Waals surface area (Å²) in [5.74, 6) is -1.26. The largest absolute Gasteiger partial charge is 0.573 e. The number of hydrogen-bond acceptors (Lipinski definition) is 3. The molecule has 1 saturated carbocycles. The van der Waals surface area contributed by atoms with Crippen LogP contribution in [0.15, 0.2) is 85.2 Å². The summed E-state index contributed by atoms with van der Waals surface area (Å²) >= 11 is 6.63. The first-order valence-electron chi connectivity index (χ1n) is 12.6. The van der Waals surface area contributed by atoms with Crippen LogP contribution in [-0.4, -0.2) is 27.6 Å². The van der Waals surface area contributed by atoms with Crippen LogP contribution in [0, 0.1) is 5.92 Å². The number of H-pyrrole nitrogens is 1. The molecule has 0 saturated heterocycles. The lowest BCUT2D eigenvalue weighted by atomic mass is 9.73. The van der Waals surface area contributed by atoms with Gasteiger partial charge in [-0.15, -0.1) is 13.2 Å². The summed E-state index contributed by atoms with van der Waals surface area (Å²) in [6, 6.07) is 19.5. The van der Waals surface area contributed by atoms with Gasteiger partial charge >= 0.3 is 12.3 Å². The first-order chi connectivity index (χ1) is 19.2. The van der Waals surface area contributed by atoms with E-state index in [4.69, 9.17) is 16.7 Å². The van der Waals surface area contributed by atoms with Gasteiger partial charge in [-0.3, -0.25) is 5.10 Å². The number of alkyl halides is 3. The van der Waals surface area contributed by atoms with E-state index in [-0.39, 0.29) is 16.7 Å². The summed E-state index contributed by atoms with van der Waals surface area (Å²) in [7, 11) is 0. The molecule has 0 unspecified atom stereocenters. The second kappa shape index (κ2) is 11.4. The van der Waals surface area contributed by atoms with Crippen LogP contribution in [0.2, 0.25) is 5.02 Å². The molecule has 1 fully saturated rings. The molecule has 204 valence electrons. The van der Waals surface area contributed by atoms with Gasteiger partial charge < -0.3 is 9.84 Å². The van der Waals surface area contributed by atoms with Crippen LogP contribution >= 0.6 is 11.6 Å². The van der Waals surface area contributed by atoms with Gasteiger partial charge in [0.2, 0.25) is 0 Å². The molecule has 2 N–H and O–H groups in total. The molecule has 1 aromatic heterocycles. The first-order valence-corrected chi connectivity index (χ1v) is 13.0. The highest BCUT2D eigenvalue weighted by molar-refractivity contribution is 6.33. The lowest BCUT2D eigenvalue weighted by Gasteiger charge is -2.32. The maximum absolute atomic E-state index is 12.8. The minimum absolute atomic E-state index is 0.155. The molecule has 0 bridgehead atoms. The maximum atomic E-state index is 12.8. The van der Waals surface area contributed by atoms with Crippen molar-refractivity contribution in [1.82, 2.24) is 10.2 Å². The summed E-state index contributed by atoms with van der Waals surface area (Å²) in [6.45, 7) is 0. The molecular weight excluding hydrogens is 541 g/mol. The van der Waals surface area contributed by atoms with Gasteiger partial charge in [0.15, 0.2) is 0 Å². The Morgan fingerprint density at radius 2 is 1.68 bits per heavy atom. The quantitative estimate of drug-likeness (QED) is 0.166. The molecule has 9 heteroatoms. The van der Waals surface area contributed by atoms with Crippen molar-refractivity contribution in [3.63, 3.8) is 0 Å². The summed E-state index contributed by atoms with van der Waals surface area (Å²) in [4.78, 5) is 11.0. The van der Waals surface area contributed by atoms with Gasteiger partial charge in [-0.2, -0.15) is 5.10 Å². The number of aromatic amines is 1. The van der Waals surface area contributed by atoms with Gasteiger partial charge in [0.05, 0.1) is 11.2 Å². The SMILES string of the molecule is O=C(O)/C=C/c1ccc(/C(=C(\c2ccc(OC(F)(F)F)cc2Cl)C2CCC2)c2ccc(-c3cn[nH]c3)cc2)cc1. The number of nitrogens with one attached hydrogen (secondary N) is 1. The fourth-order valence-electron chi connectivity index (χ4n) is 4.81.